The Morgan fingerprint density at radius 2 is 2.10 bits per heavy atom. The molecule has 1 saturated heterocycles. The minimum absolute atomic E-state index is 0.0198. The Morgan fingerprint density at radius 1 is 1.28 bits per heavy atom. The molecule has 29 heavy (non-hydrogen) atoms. The summed E-state index contributed by atoms with van der Waals surface area (Å²) in [4.78, 5) is 30.2. The summed E-state index contributed by atoms with van der Waals surface area (Å²) in [6.45, 7) is 2.73. The van der Waals surface area contributed by atoms with Crippen molar-refractivity contribution in [2.24, 2.45) is 5.92 Å². The lowest BCUT2D eigenvalue weighted by atomic mass is 9.94. The molecule has 150 valence electrons. The minimum atomic E-state index is -0.383. The lowest BCUT2D eigenvalue weighted by Crippen LogP contribution is -2.40. The van der Waals surface area contributed by atoms with Gasteiger partial charge in [0.2, 0.25) is 11.7 Å². The first-order chi connectivity index (χ1) is 14.1. The first-order valence-electron chi connectivity index (χ1n) is 9.51. The minimum Gasteiger partial charge on any atom is -0.427 e. The molecular weight excluding hydrogens is 390 g/mol. The van der Waals surface area contributed by atoms with Crippen LogP contribution in [0.3, 0.4) is 0 Å². The molecule has 1 amide bonds. The molecule has 1 unspecified atom stereocenters. The molecule has 3 aromatic rings. The summed E-state index contributed by atoms with van der Waals surface area (Å²) in [6.07, 6.45) is 2.62. The molecule has 2 aromatic heterocycles. The van der Waals surface area contributed by atoms with E-state index in [1.165, 1.54) is 6.92 Å². The molecule has 0 bridgehead atoms. The van der Waals surface area contributed by atoms with Crippen molar-refractivity contribution >= 4 is 23.2 Å². The maximum atomic E-state index is 12.9. The summed E-state index contributed by atoms with van der Waals surface area (Å²) in [7, 11) is 0. The van der Waals surface area contributed by atoms with Gasteiger partial charge in [0, 0.05) is 42.9 Å². The first kappa shape index (κ1) is 19.3. The van der Waals surface area contributed by atoms with Gasteiger partial charge < -0.3 is 14.2 Å². The van der Waals surface area contributed by atoms with E-state index < -0.39 is 0 Å². The van der Waals surface area contributed by atoms with Crippen molar-refractivity contribution < 1.29 is 18.8 Å². The second kappa shape index (κ2) is 8.57. The molecule has 1 atom stereocenters. The predicted octanol–water partition coefficient (Wildman–Crippen LogP) is 3.82. The van der Waals surface area contributed by atoms with Crippen LogP contribution in [-0.2, 0) is 11.2 Å². The van der Waals surface area contributed by atoms with Crippen LogP contribution in [0.5, 0.6) is 5.75 Å². The number of hydrogen-bond donors (Lipinski definition) is 0. The maximum Gasteiger partial charge on any atom is 0.308 e. The third-order valence-corrected chi connectivity index (χ3v) is 5.56. The number of carbonyl (C=O) groups is 2. The molecule has 0 radical (unpaired) electrons. The third-order valence-electron chi connectivity index (χ3n) is 4.88. The molecule has 1 aliphatic heterocycles. The number of rotatable bonds is 5. The van der Waals surface area contributed by atoms with E-state index in [1.807, 2.05) is 21.7 Å². The molecule has 1 fully saturated rings. The van der Waals surface area contributed by atoms with Gasteiger partial charge in [-0.25, -0.2) is 0 Å². The number of carbonyl (C=O) groups excluding carboxylic acids is 2. The zero-order valence-electron chi connectivity index (χ0n) is 16.0. The van der Waals surface area contributed by atoms with E-state index in [0.717, 1.165) is 24.9 Å². The van der Waals surface area contributed by atoms with Crippen LogP contribution in [0.2, 0.25) is 0 Å². The SMILES string of the molecule is CC(=O)Oc1ccc(C(=O)N2CCCC(Cc3nc(-c4ccsc4)no3)C2)cc1. The van der Waals surface area contributed by atoms with Crippen molar-refractivity contribution in [3.63, 3.8) is 0 Å². The Balaban J connectivity index is 1.38. The average Bonchev–Trinajstić information content (AvgIpc) is 3.40. The third kappa shape index (κ3) is 4.71. The van der Waals surface area contributed by atoms with Gasteiger partial charge in [0.05, 0.1) is 0 Å². The number of piperidine rings is 1. The highest BCUT2D eigenvalue weighted by molar-refractivity contribution is 7.08. The van der Waals surface area contributed by atoms with E-state index >= 15 is 0 Å². The van der Waals surface area contributed by atoms with Crippen molar-refractivity contribution in [1.82, 2.24) is 15.0 Å². The predicted molar refractivity (Wildman–Crippen MR) is 108 cm³/mol. The Bertz CT molecular complexity index is 982. The Kier molecular flexibility index (Phi) is 5.71. The lowest BCUT2D eigenvalue weighted by molar-refractivity contribution is -0.131. The number of amides is 1. The number of esters is 1. The molecule has 3 heterocycles. The zero-order valence-corrected chi connectivity index (χ0v) is 16.9. The van der Waals surface area contributed by atoms with Crippen LogP contribution in [-0.4, -0.2) is 40.0 Å². The number of aromatic nitrogens is 2. The van der Waals surface area contributed by atoms with Crippen molar-refractivity contribution in [3.05, 3.63) is 52.5 Å². The summed E-state index contributed by atoms with van der Waals surface area (Å²) in [6, 6.07) is 8.62. The van der Waals surface area contributed by atoms with Gasteiger partial charge >= 0.3 is 5.97 Å². The molecule has 1 aliphatic rings. The summed E-state index contributed by atoms with van der Waals surface area (Å²) < 4.78 is 10.4. The topological polar surface area (TPSA) is 85.5 Å². The van der Waals surface area contributed by atoms with E-state index in [-0.39, 0.29) is 17.8 Å². The van der Waals surface area contributed by atoms with Gasteiger partial charge in [0.25, 0.3) is 5.91 Å². The summed E-state index contributed by atoms with van der Waals surface area (Å²) >= 11 is 1.59. The van der Waals surface area contributed by atoms with E-state index in [2.05, 4.69) is 10.1 Å². The monoisotopic (exact) mass is 411 g/mol. The Morgan fingerprint density at radius 3 is 2.83 bits per heavy atom. The highest BCUT2D eigenvalue weighted by Crippen LogP contribution is 2.24. The molecule has 0 saturated carbocycles. The van der Waals surface area contributed by atoms with Crippen LogP contribution in [0, 0.1) is 5.92 Å². The standard InChI is InChI=1S/C21H21N3O4S/c1-14(25)27-18-6-4-16(5-7-18)21(26)24-9-2-3-15(12-24)11-19-22-20(23-28-19)17-8-10-29-13-17/h4-8,10,13,15H,2-3,9,11-12H2,1H3. The molecule has 7 nitrogen and oxygen atoms in total. The van der Waals surface area contributed by atoms with Gasteiger partial charge in [0.15, 0.2) is 0 Å². The van der Waals surface area contributed by atoms with Gasteiger partial charge in [-0.2, -0.15) is 16.3 Å². The molecular formula is C21H21N3O4S. The van der Waals surface area contributed by atoms with Crippen molar-refractivity contribution in [3.8, 4) is 17.1 Å². The van der Waals surface area contributed by atoms with E-state index in [4.69, 9.17) is 9.26 Å². The van der Waals surface area contributed by atoms with Crippen LogP contribution in [0.4, 0.5) is 0 Å². The second-order valence-electron chi connectivity index (χ2n) is 7.11. The zero-order chi connectivity index (χ0) is 20.2. The Labute approximate surface area is 172 Å². The first-order valence-corrected chi connectivity index (χ1v) is 10.5. The van der Waals surface area contributed by atoms with Crippen LogP contribution < -0.4 is 4.74 Å². The van der Waals surface area contributed by atoms with Crippen LogP contribution in [0.1, 0.15) is 36.0 Å². The van der Waals surface area contributed by atoms with Crippen molar-refractivity contribution in [2.75, 3.05) is 13.1 Å². The van der Waals surface area contributed by atoms with Crippen LogP contribution in [0.15, 0.2) is 45.6 Å². The summed E-state index contributed by atoms with van der Waals surface area (Å²) in [5.41, 5.74) is 1.54. The molecule has 0 aliphatic carbocycles. The number of benzene rings is 1. The van der Waals surface area contributed by atoms with Gasteiger partial charge in [0.1, 0.15) is 5.75 Å². The highest BCUT2D eigenvalue weighted by atomic mass is 32.1. The normalized spacial score (nSPS) is 16.6. The number of nitrogens with zero attached hydrogens (tertiary/aromatic N) is 3. The second-order valence-corrected chi connectivity index (χ2v) is 7.89. The van der Waals surface area contributed by atoms with Gasteiger partial charge in [-0.1, -0.05) is 5.16 Å². The number of ether oxygens (including phenoxy) is 1. The van der Waals surface area contributed by atoms with Crippen LogP contribution >= 0.6 is 11.3 Å². The number of hydrogen-bond acceptors (Lipinski definition) is 7. The molecule has 0 N–H and O–H groups in total. The molecule has 1 aromatic carbocycles. The largest absolute Gasteiger partial charge is 0.427 e. The van der Waals surface area contributed by atoms with Gasteiger partial charge in [-0.05, 0) is 54.5 Å². The maximum absolute atomic E-state index is 12.9. The number of likely N-dealkylation sites (tertiary alicyclic amines) is 1. The quantitative estimate of drug-likeness (QED) is 0.469. The summed E-state index contributed by atoms with van der Waals surface area (Å²) in [5.74, 6) is 1.53. The fourth-order valence-electron chi connectivity index (χ4n) is 3.52. The average molecular weight is 411 g/mol. The number of thiophene rings is 1. The van der Waals surface area contributed by atoms with Crippen LogP contribution in [0.25, 0.3) is 11.4 Å². The fraction of sp³-hybridized carbons (Fsp3) is 0.333. The van der Waals surface area contributed by atoms with Crippen molar-refractivity contribution in [1.29, 1.82) is 0 Å². The highest BCUT2D eigenvalue weighted by Gasteiger charge is 2.26. The van der Waals surface area contributed by atoms with Gasteiger partial charge in [-0.15, -0.1) is 0 Å². The molecule has 0 spiro atoms. The van der Waals surface area contributed by atoms with E-state index in [0.29, 0.717) is 36.0 Å². The van der Waals surface area contributed by atoms with Crippen molar-refractivity contribution in [2.45, 2.75) is 26.2 Å². The van der Waals surface area contributed by atoms with E-state index in [1.54, 1.807) is 35.6 Å². The Hall–Kier alpha value is -3.00. The smallest absolute Gasteiger partial charge is 0.308 e. The van der Waals surface area contributed by atoms with Gasteiger partial charge in [-0.3, -0.25) is 9.59 Å². The molecule has 8 heteroatoms. The lowest BCUT2D eigenvalue weighted by Gasteiger charge is -2.32. The fourth-order valence-corrected chi connectivity index (χ4v) is 4.16. The van der Waals surface area contributed by atoms with E-state index in [9.17, 15) is 9.59 Å². The summed E-state index contributed by atoms with van der Waals surface area (Å²) in [5, 5.41) is 8.03. The molecule has 4 rings (SSSR count).